The van der Waals surface area contributed by atoms with Gasteiger partial charge in [-0.15, -0.1) is 0 Å². The van der Waals surface area contributed by atoms with Crippen LogP contribution in [0.15, 0.2) is 12.3 Å². The van der Waals surface area contributed by atoms with Gasteiger partial charge >= 0.3 is 11.7 Å². The molecule has 0 aliphatic carbocycles. The molecule has 0 amide bonds. The third-order valence-corrected chi connectivity index (χ3v) is 3.63. The van der Waals surface area contributed by atoms with Crippen LogP contribution >= 0.6 is 0 Å². The van der Waals surface area contributed by atoms with Gasteiger partial charge in [0.25, 0.3) is 0 Å². The quantitative estimate of drug-likeness (QED) is 0.480. The minimum atomic E-state index is -0.411. The first-order valence-electron chi connectivity index (χ1n) is 7.06. The number of carbonyl (C=O) groups is 1. The highest BCUT2D eigenvalue weighted by molar-refractivity contribution is 5.74. The average Bonchev–Trinajstić information content (AvgIpc) is 2.47. The fourth-order valence-electron chi connectivity index (χ4n) is 2.62. The van der Waals surface area contributed by atoms with Gasteiger partial charge in [0, 0.05) is 24.8 Å². The predicted octanol–water partition coefficient (Wildman–Crippen LogP) is 2.08. The molecular weight excluding hydrogens is 274 g/mol. The summed E-state index contributed by atoms with van der Waals surface area (Å²) in [5.41, 5.74) is 0.588. The van der Waals surface area contributed by atoms with Crippen LogP contribution in [0.2, 0.25) is 0 Å². The Hall–Kier alpha value is -2.18. The zero-order valence-electron chi connectivity index (χ0n) is 12.2. The molecule has 1 unspecified atom stereocenters. The van der Waals surface area contributed by atoms with Crippen molar-refractivity contribution in [3.63, 3.8) is 0 Å². The zero-order valence-corrected chi connectivity index (χ0v) is 12.2. The number of esters is 1. The van der Waals surface area contributed by atoms with Crippen LogP contribution in [-0.2, 0) is 9.53 Å². The lowest BCUT2D eigenvalue weighted by Crippen LogP contribution is -2.40. The molecule has 114 valence electrons. The second-order valence-corrected chi connectivity index (χ2v) is 5.09. The van der Waals surface area contributed by atoms with Crippen LogP contribution in [0, 0.1) is 23.0 Å². The van der Waals surface area contributed by atoms with Crippen LogP contribution in [0.5, 0.6) is 0 Å². The predicted molar refractivity (Wildman–Crippen MR) is 77.2 cm³/mol. The summed E-state index contributed by atoms with van der Waals surface area (Å²) in [6.45, 7) is 4.88. The van der Waals surface area contributed by atoms with Crippen molar-refractivity contribution in [2.24, 2.45) is 5.92 Å². The summed E-state index contributed by atoms with van der Waals surface area (Å²) >= 11 is 0. The SMILES string of the molecule is CCOC(=O)C1CCCN(c2nccc(C)c2[N+](=O)[O-])C1. The molecule has 1 atom stereocenters. The number of nitro groups is 1. The summed E-state index contributed by atoms with van der Waals surface area (Å²) in [4.78, 5) is 28.7. The molecule has 0 saturated carbocycles. The van der Waals surface area contributed by atoms with Crippen molar-refractivity contribution >= 4 is 17.5 Å². The summed E-state index contributed by atoms with van der Waals surface area (Å²) in [6.07, 6.45) is 3.09. The third-order valence-electron chi connectivity index (χ3n) is 3.63. The Kier molecular flexibility index (Phi) is 4.72. The van der Waals surface area contributed by atoms with E-state index in [1.54, 1.807) is 26.1 Å². The standard InChI is InChI=1S/C14H19N3O4/c1-3-21-14(18)11-5-4-8-16(9-11)13-12(17(19)20)10(2)6-7-15-13/h6-7,11H,3-5,8-9H2,1-2H3. The number of ether oxygens (including phenoxy) is 1. The molecule has 1 aromatic heterocycles. The van der Waals surface area contributed by atoms with Gasteiger partial charge in [0.05, 0.1) is 17.4 Å². The van der Waals surface area contributed by atoms with Gasteiger partial charge in [0.1, 0.15) is 0 Å². The molecule has 1 saturated heterocycles. The van der Waals surface area contributed by atoms with Gasteiger partial charge in [0.2, 0.25) is 5.82 Å². The van der Waals surface area contributed by atoms with E-state index in [1.165, 1.54) is 0 Å². The molecule has 7 heteroatoms. The van der Waals surface area contributed by atoms with E-state index in [-0.39, 0.29) is 17.6 Å². The fourth-order valence-corrected chi connectivity index (χ4v) is 2.62. The second-order valence-electron chi connectivity index (χ2n) is 5.09. The maximum Gasteiger partial charge on any atom is 0.314 e. The number of aryl methyl sites for hydroxylation is 1. The highest BCUT2D eigenvalue weighted by atomic mass is 16.6. The Balaban J connectivity index is 2.24. The van der Waals surface area contributed by atoms with E-state index in [0.717, 1.165) is 12.8 Å². The van der Waals surface area contributed by atoms with Gasteiger partial charge in [-0.3, -0.25) is 14.9 Å². The van der Waals surface area contributed by atoms with Crippen LogP contribution in [0.1, 0.15) is 25.3 Å². The molecule has 2 rings (SSSR count). The number of hydrogen-bond donors (Lipinski definition) is 0. The lowest BCUT2D eigenvalue weighted by molar-refractivity contribution is -0.384. The molecule has 1 aliphatic heterocycles. The van der Waals surface area contributed by atoms with Gasteiger partial charge in [-0.2, -0.15) is 0 Å². The molecule has 7 nitrogen and oxygen atoms in total. The highest BCUT2D eigenvalue weighted by Crippen LogP contribution is 2.32. The molecule has 0 spiro atoms. The van der Waals surface area contributed by atoms with Gasteiger partial charge < -0.3 is 9.64 Å². The van der Waals surface area contributed by atoms with Crippen LogP contribution in [0.3, 0.4) is 0 Å². The first-order valence-corrected chi connectivity index (χ1v) is 7.06. The number of aromatic nitrogens is 1. The lowest BCUT2D eigenvalue weighted by atomic mass is 9.98. The van der Waals surface area contributed by atoms with Crippen molar-refractivity contribution in [3.8, 4) is 0 Å². The molecule has 0 aromatic carbocycles. The van der Waals surface area contributed by atoms with E-state index in [9.17, 15) is 14.9 Å². The van der Waals surface area contributed by atoms with E-state index >= 15 is 0 Å². The molecule has 1 aromatic rings. The minimum Gasteiger partial charge on any atom is -0.466 e. The monoisotopic (exact) mass is 293 g/mol. The molecular formula is C14H19N3O4. The molecule has 0 N–H and O–H groups in total. The Labute approximate surface area is 123 Å². The number of hydrogen-bond acceptors (Lipinski definition) is 6. The summed E-state index contributed by atoms with van der Waals surface area (Å²) in [7, 11) is 0. The number of piperidine rings is 1. The van der Waals surface area contributed by atoms with E-state index < -0.39 is 4.92 Å². The summed E-state index contributed by atoms with van der Waals surface area (Å²) < 4.78 is 5.05. The Morgan fingerprint density at radius 1 is 1.62 bits per heavy atom. The largest absolute Gasteiger partial charge is 0.466 e. The lowest BCUT2D eigenvalue weighted by Gasteiger charge is -2.32. The maximum absolute atomic E-state index is 11.9. The summed E-state index contributed by atoms with van der Waals surface area (Å²) in [5.74, 6) is -0.146. The van der Waals surface area contributed by atoms with Gasteiger partial charge in [-0.05, 0) is 32.8 Å². The topological polar surface area (TPSA) is 85.6 Å². The normalized spacial score (nSPS) is 18.4. The van der Waals surface area contributed by atoms with Gasteiger partial charge in [0.15, 0.2) is 0 Å². The smallest absolute Gasteiger partial charge is 0.314 e. The Morgan fingerprint density at radius 3 is 3.05 bits per heavy atom. The van der Waals surface area contributed by atoms with Gasteiger partial charge in [-0.1, -0.05) is 0 Å². The van der Waals surface area contributed by atoms with Crippen LogP contribution in [0.25, 0.3) is 0 Å². The van der Waals surface area contributed by atoms with Crippen LogP contribution in [0.4, 0.5) is 11.5 Å². The van der Waals surface area contributed by atoms with Gasteiger partial charge in [-0.25, -0.2) is 4.98 Å². The van der Waals surface area contributed by atoms with Crippen LogP contribution < -0.4 is 4.90 Å². The van der Waals surface area contributed by atoms with E-state index in [2.05, 4.69) is 4.98 Å². The number of anilines is 1. The average molecular weight is 293 g/mol. The molecule has 0 bridgehead atoms. The van der Waals surface area contributed by atoms with Crippen molar-refractivity contribution in [2.75, 3.05) is 24.6 Å². The zero-order chi connectivity index (χ0) is 15.4. The molecule has 0 radical (unpaired) electrons. The Bertz CT molecular complexity index is 547. The molecule has 1 fully saturated rings. The molecule has 21 heavy (non-hydrogen) atoms. The number of carbonyl (C=O) groups excluding carboxylic acids is 1. The molecule has 1 aliphatic rings. The number of nitrogens with zero attached hydrogens (tertiary/aromatic N) is 3. The van der Waals surface area contributed by atoms with E-state index in [1.807, 2.05) is 4.90 Å². The third kappa shape index (κ3) is 3.29. The Morgan fingerprint density at radius 2 is 2.38 bits per heavy atom. The van der Waals surface area contributed by atoms with Crippen molar-refractivity contribution in [1.82, 2.24) is 4.98 Å². The minimum absolute atomic E-state index is 0.0157. The van der Waals surface area contributed by atoms with Crippen molar-refractivity contribution in [1.29, 1.82) is 0 Å². The van der Waals surface area contributed by atoms with Crippen molar-refractivity contribution in [2.45, 2.75) is 26.7 Å². The first-order chi connectivity index (χ1) is 10.0. The molecule has 2 heterocycles. The van der Waals surface area contributed by atoms with Crippen molar-refractivity contribution in [3.05, 3.63) is 27.9 Å². The first kappa shape index (κ1) is 15.2. The van der Waals surface area contributed by atoms with Crippen LogP contribution in [-0.4, -0.2) is 35.6 Å². The summed E-state index contributed by atoms with van der Waals surface area (Å²) in [6, 6.07) is 1.62. The van der Waals surface area contributed by atoms with E-state index in [0.29, 0.717) is 31.1 Å². The fraction of sp³-hybridized carbons (Fsp3) is 0.571. The maximum atomic E-state index is 11.9. The van der Waals surface area contributed by atoms with Crippen molar-refractivity contribution < 1.29 is 14.5 Å². The number of rotatable bonds is 4. The summed E-state index contributed by atoms with van der Waals surface area (Å²) in [5, 5.41) is 11.3. The second kappa shape index (κ2) is 6.51. The van der Waals surface area contributed by atoms with E-state index in [4.69, 9.17) is 4.74 Å². The highest BCUT2D eigenvalue weighted by Gasteiger charge is 2.31. The number of pyridine rings is 1.